The van der Waals surface area contributed by atoms with Crippen molar-refractivity contribution in [1.29, 1.82) is 0 Å². The monoisotopic (exact) mass is 405 g/mol. The molecule has 3 aromatic rings. The van der Waals surface area contributed by atoms with E-state index >= 15 is 0 Å². The van der Waals surface area contributed by atoms with Crippen molar-refractivity contribution < 1.29 is 13.7 Å². The molecule has 0 saturated carbocycles. The molecular weight excluding hydrogens is 380 g/mol. The van der Waals surface area contributed by atoms with Gasteiger partial charge < -0.3 is 14.2 Å². The van der Waals surface area contributed by atoms with Crippen LogP contribution in [0.25, 0.3) is 10.9 Å². The Morgan fingerprint density at radius 2 is 1.77 bits per heavy atom. The summed E-state index contributed by atoms with van der Waals surface area (Å²) in [6.45, 7) is 10.7. The topological polar surface area (TPSA) is 47.5 Å². The van der Waals surface area contributed by atoms with Crippen molar-refractivity contribution in [3.8, 4) is 0 Å². The number of hydrogen-bond acceptors (Lipinski definition) is 5. The normalized spacial score (nSPS) is 19.5. The van der Waals surface area contributed by atoms with Gasteiger partial charge in [0.15, 0.2) is 0 Å². The van der Waals surface area contributed by atoms with Gasteiger partial charge in [-0.05, 0) is 81.9 Å². The van der Waals surface area contributed by atoms with E-state index in [2.05, 4.69) is 20.9 Å². The highest BCUT2D eigenvalue weighted by molar-refractivity contribution is 6.62. The lowest BCUT2D eigenvalue weighted by atomic mass is 9.78. The molecule has 7 heteroatoms. The van der Waals surface area contributed by atoms with Crippen molar-refractivity contribution in [2.45, 2.75) is 52.2 Å². The number of halogens is 1. The zero-order chi connectivity index (χ0) is 21.3. The Morgan fingerprint density at radius 1 is 1.03 bits per heavy atom. The van der Waals surface area contributed by atoms with Crippen molar-refractivity contribution in [2.75, 3.05) is 11.4 Å². The minimum Gasteiger partial charge on any atom is -0.399 e. The Balaban J connectivity index is 1.59. The fourth-order valence-electron chi connectivity index (χ4n) is 4.13. The number of anilines is 2. The number of aromatic nitrogens is 2. The van der Waals surface area contributed by atoms with Crippen molar-refractivity contribution in [3.05, 3.63) is 53.6 Å². The fourth-order valence-corrected chi connectivity index (χ4v) is 4.13. The van der Waals surface area contributed by atoms with Crippen LogP contribution < -0.4 is 10.4 Å². The minimum absolute atomic E-state index is 0.161. The molecule has 0 bridgehead atoms. The quantitative estimate of drug-likeness (QED) is 0.602. The second kappa shape index (κ2) is 6.49. The van der Waals surface area contributed by atoms with Gasteiger partial charge in [-0.3, -0.25) is 0 Å². The SMILES string of the molecule is Cc1cc2c(cc1F)CCN2c1ncnc2ccc(B3OC(C)(C)C(C)(C)O3)cc12. The summed E-state index contributed by atoms with van der Waals surface area (Å²) in [6.07, 6.45) is 2.37. The number of fused-ring (bicyclic) bond motifs is 2. The van der Waals surface area contributed by atoms with E-state index in [0.29, 0.717) is 5.56 Å². The van der Waals surface area contributed by atoms with Gasteiger partial charge in [0.25, 0.3) is 0 Å². The molecule has 0 radical (unpaired) electrons. The highest BCUT2D eigenvalue weighted by Gasteiger charge is 2.51. The molecule has 0 aliphatic carbocycles. The van der Waals surface area contributed by atoms with Crippen LogP contribution in [0.1, 0.15) is 38.8 Å². The van der Waals surface area contributed by atoms with Crippen molar-refractivity contribution in [2.24, 2.45) is 0 Å². The van der Waals surface area contributed by atoms with Crippen molar-refractivity contribution in [3.63, 3.8) is 0 Å². The highest BCUT2D eigenvalue weighted by Crippen LogP contribution is 2.39. The molecule has 2 aliphatic rings. The van der Waals surface area contributed by atoms with Crippen molar-refractivity contribution >= 4 is 35.0 Å². The average Bonchev–Trinajstić information content (AvgIpc) is 3.18. The first-order chi connectivity index (χ1) is 14.2. The van der Waals surface area contributed by atoms with E-state index in [9.17, 15) is 4.39 Å². The number of nitrogens with zero attached hydrogens (tertiary/aromatic N) is 3. The zero-order valence-electron chi connectivity index (χ0n) is 18.0. The molecular formula is C23H25BFN3O2. The summed E-state index contributed by atoms with van der Waals surface area (Å²) in [5.41, 5.74) is 3.63. The van der Waals surface area contributed by atoms with E-state index in [4.69, 9.17) is 9.31 Å². The first kappa shape index (κ1) is 19.5. The summed E-state index contributed by atoms with van der Waals surface area (Å²) in [4.78, 5) is 11.2. The fraction of sp³-hybridized carbons (Fsp3) is 0.391. The standard InChI is InChI=1S/C23H25BFN3O2/c1-14-10-20-15(11-18(14)25)8-9-28(20)21-17-12-16(6-7-19(17)26-13-27-21)24-29-22(2,3)23(4,5)30-24/h6-7,10-13H,8-9H2,1-5H3. The molecule has 3 heterocycles. The Hall–Kier alpha value is -2.51. The molecule has 0 unspecified atom stereocenters. The van der Waals surface area contributed by atoms with E-state index in [1.54, 1.807) is 19.3 Å². The van der Waals surface area contributed by atoms with Gasteiger partial charge in [-0.1, -0.05) is 6.07 Å². The first-order valence-electron chi connectivity index (χ1n) is 10.3. The van der Waals surface area contributed by atoms with E-state index in [0.717, 1.165) is 46.4 Å². The van der Waals surface area contributed by atoms with Gasteiger partial charge in [-0.15, -0.1) is 0 Å². The van der Waals surface area contributed by atoms with Gasteiger partial charge in [0, 0.05) is 17.6 Å². The van der Waals surface area contributed by atoms with Crippen LogP contribution in [-0.2, 0) is 15.7 Å². The third-order valence-electron chi connectivity index (χ3n) is 6.67. The lowest BCUT2D eigenvalue weighted by Crippen LogP contribution is -2.41. The molecule has 5 nitrogen and oxygen atoms in total. The summed E-state index contributed by atoms with van der Waals surface area (Å²) < 4.78 is 26.5. The highest BCUT2D eigenvalue weighted by atomic mass is 19.1. The maximum atomic E-state index is 14.0. The lowest BCUT2D eigenvalue weighted by molar-refractivity contribution is 0.00578. The molecule has 0 amide bonds. The van der Waals surface area contributed by atoms with Crippen LogP contribution in [0.2, 0.25) is 0 Å². The molecule has 2 aliphatic heterocycles. The minimum atomic E-state index is -0.449. The number of rotatable bonds is 2. The Kier molecular flexibility index (Phi) is 4.21. The van der Waals surface area contributed by atoms with E-state index in [1.807, 2.05) is 45.9 Å². The Labute approximate surface area is 176 Å². The number of hydrogen-bond donors (Lipinski definition) is 0. The third kappa shape index (κ3) is 2.91. The molecule has 0 atom stereocenters. The average molecular weight is 405 g/mol. The van der Waals surface area contributed by atoms with Crippen LogP contribution >= 0.6 is 0 Å². The van der Waals surface area contributed by atoms with Crippen molar-refractivity contribution in [1.82, 2.24) is 9.97 Å². The second-order valence-corrected chi connectivity index (χ2v) is 9.19. The first-order valence-corrected chi connectivity index (χ1v) is 10.3. The summed E-state index contributed by atoms with van der Waals surface area (Å²) in [7, 11) is -0.449. The van der Waals surface area contributed by atoms with Crippen LogP contribution in [0.4, 0.5) is 15.9 Å². The predicted octanol–water partition coefficient (Wildman–Crippen LogP) is 4.07. The summed E-state index contributed by atoms with van der Waals surface area (Å²) in [6, 6.07) is 9.58. The number of benzene rings is 2. The van der Waals surface area contributed by atoms with Gasteiger partial charge in [0.05, 0.1) is 16.7 Å². The second-order valence-electron chi connectivity index (χ2n) is 9.19. The summed E-state index contributed by atoms with van der Waals surface area (Å²) in [5, 5.41) is 0.930. The van der Waals surface area contributed by atoms with Crippen LogP contribution in [0.15, 0.2) is 36.7 Å². The van der Waals surface area contributed by atoms with Crippen LogP contribution in [0.3, 0.4) is 0 Å². The molecule has 2 aromatic carbocycles. The molecule has 30 heavy (non-hydrogen) atoms. The van der Waals surface area contributed by atoms with E-state index in [-0.39, 0.29) is 5.82 Å². The largest absolute Gasteiger partial charge is 0.494 e. The third-order valence-corrected chi connectivity index (χ3v) is 6.67. The molecule has 1 aromatic heterocycles. The summed E-state index contributed by atoms with van der Waals surface area (Å²) in [5.74, 6) is 0.661. The van der Waals surface area contributed by atoms with Gasteiger partial charge in [0.1, 0.15) is 18.0 Å². The van der Waals surface area contributed by atoms with E-state index in [1.165, 1.54) is 0 Å². The zero-order valence-corrected chi connectivity index (χ0v) is 18.0. The van der Waals surface area contributed by atoms with Gasteiger partial charge in [-0.2, -0.15) is 0 Å². The van der Waals surface area contributed by atoms with Gasteiger partial charge >= 0.3 is 7.12 Å². The molecule has 154 valence electrons. The van der Waals surface area contributed by atoms with E-state index < -0.39 is 18.3 Å². The smallest absolute Gasteiger partial charge is 0.399 e. The maximum Gasteiger partial charge on any atom is 0.494 e. The molecule has 0 N–H and O–H groups in total. The number of aryl methyl sites for hydroxylation is 1. The molecule has 0 spiro atoms. The molecule has 1 fully saturated rings. The van der Waals surface area contributed by atoms with Gasteiger partial charge in [0.2, 0.25) is 0 Å². The Morgan fingerprint density at radius 3 is 2.50 bits per heavy atom. The lowest BCUT2D eigenvalue weighted by Gasteiger charge is -2.32. The molecule has 1 saturated heterocycles. The van der Waals surface area contributed by atoms with Crippen LogP contribution in [0, 0.1) is 12.7 Å². The van der Waals surface area contributed by atoms with Gasteiger partial charge in [-0.25, -0.2) is 14.4 Å². The van der Waals surface area contributed by atoms with Crippen LogP contribution in [-0.4, -0.2) is 34.8 Å². The summed E-state index contributed by atoms with van der Waals surface area (Å²) >= 11 is 0. The Bertz CT molecular complexity index is 1150. The predicted molar refractivity (Wildman–Crippen MR) is 117 cm³/mol. The maximum absolute atomic E-state index is 14.0. The molecule has 5 rings (SSSR count). The van der Waals surface area contributed by atoms with Crippen LogP contribution in [0.5, 0.6) is 0 Å².